The van der Waals surface area contributed by atoms with Crippen molar-refractivity contribution < 1.29 is 32.5 Å². The number of ether oxygens (including phenoxy) is 2. The molecule has 2 fully saturated rings. The fraction of sp³-hybridized carbons (Fsp3) is 0.692. The van der Waals surface area contributed by atoms with Gasteiger partial charge in [0, 0.05) is 31.1 Å². The van der Waals surface area contributed by atoms with Gasteiger partial charge >= 0.3 is 12.1 Å². The fourth-order valence-corrected chi connectivity index (χ4v) is 3.49. The summed E-state index contributed by atoms with van der Waals surface area (Å²) in [5.41, 5.74) is -1.20. The standard InChI is InChI=1S/C13H15F3N2O4/c1-18-4-5(11(17-18)13(14,15)16)8-9(12(20)21-2)7-3-6(19)10(8)22-7/h4,6-10,19H,3H2,1-2H3/t6-,7+,8+,9-,10-/m0/s1. The second kappa shape index (κ2) is 4.95. The number of hydrogen-bond donors (Lipinski definition) is 1. The van der Waals surface area contributed by atoms with Crippen molar-refractivity contribution in [3.05, 3.63) is 17.5 Å². The van der Waals surface area contributed by atoms with Crippen LogP contribution in [0, 0.1) is 5.92 Å². The van der Waals surface area contributed by atoms with Gasteiger partial charge in [-0.2, -0.15) is 18.3 Å². The number of aliphatic hydroxyl groups is 1. The minimum Gasteiger partial charge on any atom is -0.469 e. The van der Waals surface area contributed by atoms with Crippen LogP contribution in [0.3, 0.4) is 0 Å². The van der Waals surface area contributed by atoms with Gasteiger partial charge in [0.2, 0.25) is 0 Å². The van der Waals surface area contributed by atoms with Crippen LogP contribution in [0.1, 0.15) is 23.6 Å². The first-order valence-corrected chi connectivity index (χ1v) is 6.76. The molecular formula is C13H15F3N2O4. The van der Waals surface area contributed by atoms with E-state index in [0.29, 0.717) is 0 Å². The normalized spacial score (nSPS) is 34.2. The molecule has 2 aliphatic rings. The summed E-state index contributed by atoms with van der Waals surface area (Å²) in [6.45, 7) is 0. The molecule has 6 nitrogen and oxygen atoms in total. The molecule has 5 atom stereocenters. The van der Waals surface area contributed by atoms with E-state index in [1.165, 1.54) is 20.4 Å². The number of rotatable bonds is 2. The SMILES string of the molecule is COC(=O)[C@@H]1[C@@H](c2cn(C)nc2C(F)(F)F)[C@H]2O[C@@H]1C[C@@H]2O. The number of hydrogen-bond acceptors (Lipinski definition) is 5. The predicted octanol–water partition coefficient (Wildman–Crippen LogP) is 0.844. The molecule has 2 saturated heterocycles. The molecule has 1 N–H and O–H groups in total. The van der Waals surface area contributed by atoms with Crippen molar-refractivity contribution in [1.82, 2.24) is 9.78 Å². The van der Waals surface area contributed by atoms with Crippen molar-refractivity contribution in [2.24, 2.45) is 13.0 Å². The number of aryl methyl sites for hydroxylation is 1. The second-order valence-corrected chi connectivity index (χ2v) is 5.62. The molecule has 0 aromatic carbocycles. The lowest BCUT2D eigenvalue weighted by Gasteiger charge is -2.29. The third-order valence-electron chi connectivity index (χ3n) is 4.28. The van der Waals surface area contributed by atoms with E-state index in [9.17, 15) is 23.1 Å². The average molecular weight is 320 g/mol. The summed E-state index contributed by atoms with van der Waals surface area (Å²) in [7, 11) is 2.55. The molecule has 0 amide bonds. The Labute approximate surface area is 123 Å². The predicted molar refractivity (Wildman–Crippen MR) is 65.7 cm³/mol. The van der Waals surface area contributed by atoms with Crippen molar-refractivity contribution >= 4 is 5.97 Å². The van der Waals surface area contributed by atoms with Crippen LogP contribution in [-0.4, -0.2) is 46.3 Å². The van der Waals surface area contributed by atoms with Crippen molar-refractivity contribution in [2.45, 2.75) is 36.8 Å². The summed E-state index contributed by atoms with van der Waals surface area (Å²) in [5, 5.41) is 13.4. The molecule has 22 heavy (non-hydrogen) atoms. The summed E-state index contributed by atoms with van der Waals surface area (Å²) in [4.78, 5) is 12.0. The van der Waals surface area contributed by atoms with Gasteiger partial charge in [-0.3, -0.25) is 9.48 Å². The summed E-state index contributed by atoms with van der Waals surface area (Å²) in [6.07, 6.45) is -5.62. The first-order valence-electron chi connectivity index (χ1n) is 6.76. The van der Waals surface area contributed by atoms with Crippen molar-refractivity contribution in [3.8, 4) is 0 Å². The van der Waals surface area contributed by atoms with Crippen molar-refractivity contribution in [2.75, 3.05) is 7.11 Å². The Bertz CT molecular complexity index is 601. The molecular weight excluding hydrogens is 305 g/mol. The van der Waals surface area contributed by atoms with E-state index in [1.54, 1.807) is 0 Å². The highest BCUT2D eigenvalue weighted by molar-refractivity contribution is 5.75. The maximum Gasteiger partial charge on any atom is 0.435 e. The van der Waals surface area contributed by atoms with Gasteiger partial charge in [0.05, 0.1) is 31.3 Å². The van der Waals surface area contributed by atoms with Crippen LogP contribution in [0.4, 0.5) is 13.2 Å². The van der Waals surface area contributed by atoms with Gasteiger partial charge in [0.1, 0.15) is 0 Å². The molecule has 0 radical (unpaired) electrons. The average Bonchev–Trinajstić information content (AvgIpc) is 3.07. The van der Waals surface area contributed by atoms with E-state index < -0.39 is 48.0 Å². The van der Waals surface area contributed by atoms with Crippen LogP contribution in [0.2, 0.25) is 0 Å². The largest absolute Gasteiger partial charge is 0.469 e. The highest BCUT2D eigenvalue weighted by Crippen LogP contribution is 2.51. The van der Waals surface area contributed by atoms with Gasteiger partial charge < -0.3 is 14.6 Å². The Hall–Kier alpha value is -1.61. The number of carbonyl (C=O) groups is 1. The number of carbonyl (C=O) groups excluding carboxylic acids is 1. The summed E-state index contributed by atoms with van der Waals surface area (Å²) in [5.74, 6) is -2.43. The lowest BCUT2D eigenvalue weighted by molar-refractivity contribution is -0.149. The highest BCUT2D eigenvalue weighted by Gasteiger charge is 2.59. The van der Waals surface area contributed by atoms with Crippen LogP contribution in [0.5, 0.6) is 0 Å². The molecule has 1 aromatic rings. The minimum absolute atomic E-state index is 0.142. The Morgan fingerprint density at radius 1 is 1.55 bits per heavy atom. The number of fused-ring (bicyclic) bond motifs is 2. The van der Waals surface area contributed by atoms with Crippen molar-refractivity contribution in [1.29, 1.82) is 0 Å². The lowest BCUT2D eigenvalue weighted by Crippen LogP contribution is -2.39. The van der Waals surface area contributed by atoms with E-state index in [1.807, 2.05) is 0 Å². The van der Waals surface area contributed by atoms with E-state index >= 15 is 0 Å². The number of methoxy groups -OCH3 is 1. The molecule has 3 rings (SSSR count). The quantitative estimate of drug-likeness (QED) is 0.818. The van der Waals surface area contributed by atoms with Crippen LogP contribution < -0.4 is 0 Å². The van der Waals surface area contributed by atoms with Crippen LogP contribution >= 0.6 is 0 Å². The van der Waals surface area contributed by atoms with Crippen LogP contribution in [0.25, 0.3) is 0 Å². The fourth-order valence-electron chi connectivity index (χ4n) is 3.49. The molecule has 3 heterocycles. The van der Waals surface area contributed by atoms with Gasteiger partial charge in [-0.1, -0.05) is 0 Å². The van der Waals surface area contributed by atoms with Crippen LogP contribution in [0.15, 0.2) is 6.20 Å². The summed E-state index contributed by atoms with van der Waals surface area (Å²) < 4.78 is 50.8. The Morgan fingerprint density at radius 2 is 2.23 bits per heavy atom. The molecule has 122 valence electrons. The molecule has 0 spiro atoms. The molecule has 0 saturated carbocycles. The number of halogens is 3. The first kappa shape index (κ1) is 15.3. The lowest BCUT2D eigenvalue weighted by atomic mass is 9.74. The van der Waals surface area contributed by atoms with E-state index in [-0.39, 0.29) is 12.0 Å². The summed E-state index contributed by atoms with van der Waals surface area (Å²) in [6, 6.07) is 0. The number of aliphatic hydroxyl groups excluding tert-OH is 1. The number of esters is 1. The zero-order valence-electron chi connectivity index (χ0n) is 11.9. The number of alkyl halides is 3. The highest BCUT2D eigenvalue weighted by atomic mass is 19.4. The van der Waals surface area contributed by atoms with E-state index in [2.05, 4.69) is 5.10 Å². The third-order valence-corrected chi connectivity index (χ3v) is 4.28. The van der Waals surface area contributed by atoms with Gasteiger partial charge in [-0.25, -0.2) is 0 Å². The number of nitrogens with zero attached hydrogens (tertiary/aromatic N) is 2. The van der Waals surface area contributed by atoms with Crippen molar-refractivity contribution in [3.63, 3.8) is 0 Å². The smallest absolute Gasteiger partial charge is 0.435 e. The Kier molecular flexibility index (Phi) is 3.44. The zero-order valence-corrected chi connectivity index (χ0v) is 11.9. The minimum atomic E-state index is -4.65. The third kappa shape index (κ3) is 2.19. The topological polar surface area (TPSA) is 73.6 Å². The van der Waals surface area contributed by atoms with Crippen LogP contribution in [-0.2, 0) is 27.5 Å². The maximum absolute atomic E-state index is 13.2. The molecule has 0 aliphatic carbocycles. The van der Waals surface area contributed by atoms with Gasteiger partial charge in [0.25, 0.3) is 0 Å². The molecule has 0 unspecified atom stereocenters. The molecule has 2 aliphatic heterocycles. The van der Waals surface area contributed by atoms with Gasteiger partial charge in [0.15, 0.2) is 5.69 Å². The van der Waals surface area contributed by atoms with E-state index in [4.69, 9.17) is 9.47 Å². The Morgan fingerprint density at radius 3 is 2.82 bits per heavy atom. The first-order chi connectivity index (χ1) is 10.2. The second-order valence-electron chi connectivity index (χ2n) is 5.62. The zero-order chi connectivity index (χ0) is 16.2. The number of aromatic nitrogens is 2. The van der Waals surface area contributed by atoms with E-state index in [0.717, 1.165) is 4.68 Å². The molecule has 9 heteroatoms. The summed E-state index contributed by atoms with van der Waals surface area (Å²) >= 11 is 0. The maximum atomic E-state index is 13.2. The monoisotopic (exact) mass is 320 g/mol. The van der Waals surface area contributed by atoms with Gasteiger partial charge in [-0.05, 0) is 0 Å². The Balaban J connectivity index is 2.07. The molecule has 1 aromatic heterocycles. The molecule has 2 bridgehead atoms. The van der Waals surface area contributed by atoms with Gasteiger partial charge in [-0.15, -0.1) is 0 Å².